The van der Waals surface area contributed by atoms with Crippen LogP contribution in [-0.2, 0) is 4.79 Å². The lowest BCUT2D eigenvalue weighted by molar-refractivity contribution is -0.131. The Morgan fingerprint density at radius 2 is 2.08 bits per heavy atom. The average molecular weight is 194 g/mol. The highest BCUT2D eigenvalue weighted by Gasteiger charge is 1.98. The van der Waals surface area contributed by atoms with Crippen molar-refractivity contribution in [2.75, 3.05) is 13.6 Å². The van der Waals surface area contributed by atoms with E-state index in [-0.39, 0.29) is 12.4 Å². The highest BCUT2D eigenvalue weighted by Crippen LogP contribution is 1.92. The molecule has 0 fully saturated rings. The minimum absolute atomic E-state index is 0. The molecule has 72 valence electrons. The van der Waals surface area contributed by atoms with Gasteiger partial charge >= 0.3 is 5.97 Å². The standard InChI is InChI=1S/C8H15NO2.ClH/c1-7(2)9(3)6-4-5-8(10)11;/h4-5,7H,6H2,1-3H3,(H,10,11);1H. The van der Waals surface area contributed by atoms with Gasteiger partial charge in [0.05, 0.1) is 0 Å². The summed E-state index contributed by atoms with van der Waals surface area (Å²) in [5.41, 5.74) is 0. The first-order valence-electron chi connectivity index (χ1n) is 3.63. The molecule has 0 aliphatic rings. The molecule has 0 aromatic carbocycles. The van der Waals surface area contributed by atoms with Gasteiger partial charge in [0.2, 0.25) is 0 Å². The highest BCUT2D eigenvalue weighted by molar-refractivity contribution is 5.85. The number of nitrogens with zero attached hydrogens (tertiary/aromatic N) is 1. The van der Waals surface area contributed by atoms with E-state index in [2.05, 4.69) is 18.7 Å². The smallest absolute Gasteiger partial charge is 0.328 e. The molecule has 0 saturated carbocycles. The number of carbonyl (C=O) groups is 1. The molecule has 0 aromatic heterocycles. The van der Waals surface area contributed by atoms with Crippen LogP contribution in [0.5, 0.6) is 0 Å². The molecule has 1 N–H and O–H groups in total. The molecular formula is C8H16ClNO2. The summed E-state index contributed by atoms with van der Waals surface area (Å²) in [6.45, 7) is 4.81. The van der Waals surface area contributed by atoms with Crippen molar-refractivity contribution >= 4 is 18.4 Å². The van der Waals surface area contributed by atoms with E-state index in [9.17, 15) is 4.79 Å². The van der Waals surface area contributed by atoms with E-state index in [1.165, 1.54) is 6.08 Å². The quantitative estimate of drug-likeness (QED) is 0.686. The maximum absolute atomic E-state index is 10.0. The molecule has 3 nitrogen and oxygen atoms in total. The van der Waals surface area contributed by atoms with Gasteiger partial charge in [-0.2, -0.15) is 0 Å². The van der Waals surface area contributed by atoms with Gasteiger partial charge in [0.1, 0.15) is 0 Å². The zero-order valence-electron chi connectivity index (χ0n) is 7.65. The van der Waals surface area contributed by atoms with Crippen LogP contribution < -0.4 is 0 Å². The summed E-state index contributed by atoms with van der Waals surface area (Å²) >= 11 is 0. The van der Waals surface area contributed by atoms with Gasteiger partial charge < -0.3 is 10.0 Å². The minimum atomic E-state index is -0.887. The SMILES string of the molecule is CC(C)N(C)CC=CC(=O)O.Cl. The van der Waals surface area contributed by atoms with Crippen molar-refractivity contribution in [1.82, 2.24) is 4.90 Å². The molecular weight excluding hydrogens is 178 g/mol. The second-order valence-electron chi connectivity index (χ2n) is 2.77. The Balaban J connectivity index is 0. The first kappa shape index (κ1) is 14.0. The Hall–Kier alpha value is -0.540. The molecule has 0 aliphatic carbocycles. The molecule has 12 heavy (non-hydrogen) atoms. The van der Waals surface area contributed by atoms with Gasteiger partial charge in [-0.25, -0.2) is 4.79 Å². The predicted octanol–water partition coefficient (Wildman–Crippen LogP) is 1.39. The number of hydrogen-bond donors (Lipinski definition) is 1. The number of rotatable bonds is 4. The van der Waals surface area contributed by atoms with Crippen molar-refractivity contribution in [3.63, 3.8) is 0 Å². The fraction of sp³-hybridized carbons (Fsp3) is 0.625. The first-order chi connectivity index (χ1) is 5.04. The average Bonchev–Trinajstić information content (AvgIpc) is 1.86. The fourth-order valence-electron chi connectivity index (χ4n) is 0.531. The van der Waals surface area contributed by atoms with Crippen LogP contribution in [-0.4, -0.2) is 35.6 Å². The van der Waals surface area contributed by atoms with Gasteiger partial charge in [0, 0.05) is 18.7 Å². The van der Waals surface area contributed by atoms with Gasteiger partial charge in [-0.15, -0.1) is 12.4 Å². The highest BCUT2D eigenvalue weighted by atomic mass is 35.5. The Morgan fingerprint density at radius 3 is 2.42 bits per heavy atom. The summed E-state index contributed by atoms with van der Waals surface area (Å²) in [4.78, 5) is 12.1. The zero-order chi connectivity index (χ0) is 8.85. The van der Waals surface area contributed by atoms with Gasteiger partial charge in [-0.3, -0.25) is 0 Å². The van der Waals surface area contributed by atoms with E-state index >= 15 is 0 Å². The van der Waals surface area contributed by atoms with Crippen molar-refractivity contribution < 1.29 is 9.90 Å². The number of aliphatic carboxylic acids is 1. The van der Waals surface area contributed by atoms with Crippen molar-refractivity contribution in [1.29, 1.82) is 0 Å². The molecule has 0 aromatic rings. The van der Waals surface area contributed by atoms with Crippen LogP contribution in [0.1, 0.15) is 13.8 Å². The van der Waals surface area contributed by atoms with Crippen LogP contribution in [0.4, 0.5) is 0 Å². The van der Waals surface area contributed by atoms with Crippen LogP contribution in [0.15, 0.2) is 12.2 Å². The topological polar surface area (TPSA) is 40.5 Å². The molecule has 0 radical (unpaired) electrons. The summed E-state index contributed by atoms with van der Waals surface area (Å²) < 4.78 is 0. The van der Waals surface area contributed by atoms with E-state index < -0.39 is 5.97 Å². The maximum atomic E-state index is 10.0. The van der Waals surface area contributed by atoms with Gasteiger partial charge in [-0.1, -0.05) is 6.08 Å². The third-order valence-electron chi connectivity index (χ3n) is 1.54. The summed E-state index contributed by atoms with van der Waals surface area (Å²) in [6, 6.07) is 0.452. The van der Waals surface area contributed by atoms with Gasteiger partial charge in [0.25, 0.3) is 0 Å². The van der Waals surface area contributed by atoms with Crippen LogP contribution in [0.25, 0.3) is 0 Å². The Labute approximate surface area is 79.5 Å². The Morgan fingerprint density at radius 1 is 1.58 bits per heavy atom. The van der Waals surface area contributed by atoms with Gasteiger partial charge in [0.15, 0.2) is 0 Å². The zero-order valence-corrected chi connectivity index (χ0v) is 8.47. The maximum Gasteiger partial charge on any atom is 0.328 e. The molecule has 4 heteroatoms. The number of halogens is 1. The summed E-state index contributed by atoms with van der Waals surface area (Å²) in [7, 11) is 1.96. The second-order valence-corrected chi connectivity index (χ2v) is 2.77. The third-order valence-corrected chi connectivity index (χ3v) is 1.54. The second kappa shape index (κ2) is 7.13. The molecule has 0 spiro atoms. The van der Waals surface area contributed by atoms with E-state index in [1.54, 1.807) is 6.08 Å². The molecule has 0 rings (SSSR count). The molecule has 0 aliphatic heterocycles. The normalized spacial score (nSPS) is 10.8. The monoisotopic (exact) mass is 193 g/mol. The predicted molar refractivity (Wildman–Crippen MR) is 51.8 cm³/mol. The fourth-order valence-corrected chi connectivity index (χ4v) is 0.531. The molecule has 0 heterocycles. The first-order valence-corrected chi connectivity index (χ1v) is 3.63. The third kappa shape index (κ3) is 7.57. The molecule has 0 bridgehead atoms. The largest absolute Gasteiger partial charge is 0.478 e. The lowest BCUT2D eigenvalue weighted by atomic mass is 10.3. The van der Waals surface area contributed by atoms with E-state index in [4.69, 9.17) is 5.11 Å². The summed E-state index contributed by atoms with van der Waals surface area (Å²) in [6.07, 6.45) is 2.81. The number of carboxylic acid groups (broad SMARTS) is 1. The van der Waals surface area contributed by atoms with Crippen LogP contribution in [0.3, 0.4) is 0 Å². The van der Waals surface area contributed by atoms with Crippen LogP contribution in [0, 0.1) is 0 Å². The summed E-state index contributed by atoms with van der Waals surface area (Å²) in [5.74, 6) is -0.887. The van der Waals surface area contributed by atoms with Crippen molar-refractivity contribution in [2.24, 2.45) is 0 Å². The van der Waals surface area contributed by atoms with Crippen molar-refractivity contribution in [3.8, 4) is 0 Å². The summed E-state index contributed by atoms with van der Waals surface area (Å²) in [5, 5.41) is 8.26. The number of hydrogen-bond acceptors (Lipinski definition) is 2. The molecule has 0 unspecified atom stereocenters. The van der Waals surface area contributed by atoms with Gasteiger partial charge in [-0.05, 0) is 20.9 Å². The molecule has 0 saturated heterocycles. The Kier molecular flexibility index (Phi) is 8.32. The Bertz CT molecular complexity index is 157. The minimum Gasteiger partial charge on any atom is -0.478 e. The molecule has 0 amide bonds. The van der Waals surface area contributed by atoms with E-state index in [0.717, 1.165) is 0 Å². The van der Waals surface area contributed by atoms with Crippen molar-refractivity contribution in [3.05, 3.63) is 12.2 Å². The lowest BCUT2D eigenvalue weighted by Gasteiger charge is -2.18. The van der Waals surface area contributed by atoms with E-state index in [1.807, 2.05) is 7.05 Å². The van der Waals surface area contributed by atoms with Crippen LogP contribution in [0.2, 0.25) is 0 Å². The number of carboxylic acids is 1. The number of likely N-dealkylation sites (N-methyl/N-ethyl adjacent to an activating group) is 1. The lowest BCUT2D eigenvalue weighted by Crippen LogP contribution is -2.26. The van der Waals surface area contributed by atoms with Crippen LogP contribution >= 0.6 is 12.4 Å². The molecule has 0 atom stereocenters. The van der Waals surface area contributed by atoms with Crippen molar-refractivity contribution in [2.45, 2.75) is 19.9 Å². The van der Waals surface area contributed by atoms with E-state index in [0.29, 0.717) is 12.6 Å².